The molecule has 2 aromatic heterocycles. The summed E-state index contributed by atoms with van der Waals surface area (Å²) < 4.78 is 50.6. The number of methoxy groups -OCH3 is 1. The fraction of sp³-hybridized carbons (Fsp3) is 0.136. The van der Waals surface area contributed by atoms with E-state index >= 15 is 0 Å². The number of alkyl halides is 3. The van der Waals surface area contributed by atoms with E-state index in [1.54, 1.807) is 18.3 Å². The van der Waals surface area contributed by atoms with Crippen LogP contribution >= 0.6 is 11.8 Å². The molecule has 2 amide bonds. The zero-order valence-electron chi connectivity index (χ0n) is 17.0. The van der Waals surface area contributed by atoms with Crippen LogP contribution in [-0.2, 0) is 22.3 Å². The van der Waals surface area contributed by atoms with Gasteiger partial charge in [0.05, 0.1) is 24.1 Å². The summed E-state index contributed by atoms with van der Waals surface area (Å²) in [7, 11) is 1.20. The third-order valence-corrected chi connectivity index (χ3v) is 5.65. The Bertz CT molecular complexity index is 1270. The van der Waals surface area contributed by atoms with Crippen LogP contribution in [0.25, 0.3) is 11.8 Å². The van der Waals surface area contributed by atoms with Gasteiger partial charge >= 0.3 is 12.1 Å². The Balaban J connectivity index is 1.57. The molecule has 11 heteroatoms. The Kier molecular flexibility index (Phi) is 5.90. The van der Waals surface area contributed by atoms with Crippen LogP contribution in [0.5, 0.6) is 0 Å². The highest BCUT2D eigenvalue weighted by atomic mass is 32.2. The van der Waals surface area contributed by atoms with Crippen molar-refractivity contribution in [2.45, 2.75) is 12.7 Å². The van der Waals surface area contributed by atoms with E-state index in [4.69, 9.17) is 4.42 Å². The summed E-state index contributed by atoms with van der Waals surface area (Å²) >= 11 is 0.700. The number of rotatable bonds is 5. The summed E-state index contributed by atoms with van der Waals surface area (Å²) in [6.45, 7) is -0.187. The van der Waals surface area contributed by atoms with Crippen molar-refractivity contribution in [2.75, 3.05) is 7.11 Å². The lowest BCUT2D eigenvalue weighted by Gasteiger charge is -2.11. The van der Waals surface area contributed by atoms with Crippen LogP contribution in [0.2, 0.25) is 0 Å². The van der Waals surface area contributed by atoms with Gasteiger partial charge < -0.3 is 13.7 Å². The standard InChI is InChI=1S/C22H15F3N2O5S/c1-31-20(29)17-8-7-16(32-17)12-27-19(28)18(33-21(27)30)11-15-6-3-9-26(15)14-5-2-4-13(10-14)22(23,24)25/h2-11H,12H2,1H3/b18-11+. The lowest BCUT2D eigenvalue weighted by molar-refractivity contribution is -0.137. The number of nitrogens with zero attached hydrogens (tertiary/aromatic N) is 2. The van der Waals surface area contributed by atoms with E-state index in [1.807, 2.05) is 0 Å². The Morgan fingerprint density at radius 2 is 1.94 bits per heavy atom. The van der Waals surface area contributed by atoms with Crippen molar-refractivity contribution >= 4 is 35.0 Å². The number of halogens is 3. The predicted molar refractivity (Wildman–Crippen MR) is 112 cm³/mol. The van der Waals surface area contributed by atoms with Gasteiger partial charge in [-0.15, -0.1) is 0 Å². The van der Waals surface area contributed by atoms with Gasteiger partial charge in [-0.1, -0.05) is 6.07 Å². The Labute approximate surface area is 189 Å². The molecule has 0 bridgehead atoms. The number of hydrogen-bond acceptors (Lipinski definition) is 6. The predicted octanol–water partition coefficient (Wildman–Crippen LogP) is 5.11. The topological polar surface area (TPSA) is 81.8 Å². The molecule has 4 rings (SSSR count). The van der Waals surface area contributed by atoms with Crippen LogP contribution in [0.15, 0.2) is 64.1 Å². The second-order valence-corrected chi connectivity index (χ2v) is 7.87. The van der Waals surface area contributed by atoms with Gasteiger partial charge in [-0.05, 0) is 60.3 Å². The average Bonchev–Trinajstić information content (AvgIpc) is 3.50. The number of furan rings is 1. The summed E-state index contributed by atoms with van der Waals surface area (Å²) in [5.41, 5.74) is -0.123. The maximum atomic E-state index is 13.1. The number of esters is 1. The van der Waals surface area contributed by atoms with Gasteiger partial charge in [-0.3, -0.25) is 14.5 Å². The number of amides is 2. The fourth-order valence-corrected chi connectivity index (χ4v) is 4.00. The second kappa shape index (κ2) is 8.66. The maximum absolute atomic E-state index is 13.1. The molecule has 0 radical (unpaired) electrons. The molecule has 1 aliphatic rings. The minimum absolute atomic E-state index is 0.0612. The quantitative estimate of drug-likeness (QED) is 0.376. The molecule has 0 saturated carbocycles. The molecule has 1 aromatic carbocycles. The molecular weight excluding hydrogens is 461 g/mol. The van der Waals surface area contributed by atoms with Gasteiger partial charge in [0.1, 0.15) is 5.76 Å². The summed E-state index contributed by atoms with van der Waals surface area (Å²) in [5, 5.41) is -0.542. The first-order valence-corrected chi connectivity index (χ1v) is 10.3. The monoisotopic (exact) mass is 476 g/mol. The normalized spacial score (nSPS) is 15.5. The number of ether oxygens (including phenoxy) is 1. The molecule has 0 unspecified atom stereocenters. The van der Waals surface area contributed by atoms with Crippen LogP contribution in [0.1, 0.15) is 27.6 Å². The summed E-state index contributed by atoms with van der Waals surface area (Å²) in [6.07, 6.45) is -1.50. The van der Waals surface area contributed by atoms with Crippen LogP contribution < -0.4 is 0 Å². The zero-order chi connectivity index (χ0) is 23.8. The van der Waals surface area contributed by atoms with Gasteiger partial charge in [0, 0.05) is 17.6 Å². The molecule has 170 valence electrons. The van der Waals surface area contributed by atoms with Gasteiger partial charge in [-0.25, -0.2) is 4.79 Å². The Morgan fingerprint density at radius 1 is 1.15 bits per heavy atom. The third kappa shape index (κ3) is 4.58. The number of imide groups is 1. The van der Waals surface area contributed by atoms with Gasteiger partial charge in [0.15, 0.2) is 0 Å². The Morgan fingerprint density at radius 3 is 2.67 bits per heavy atom. The number of carbonyl (C=O) groups excluding carboxylic acids is 3. The molecule has 33 heavy (non-hydrogen) atoms. The van der Waals surface area contributed by atoms with E-state index in [9.17, 15) is 27.6 Å². The summed E-state index contributed by atoms with van der Waals surface area (Å²) in [5.74, 6) is -1.12. The van der Waals surface area contributed by atoms with E-state index < -0.39 is 28.9 Å². The molecule has 3 aromatic rings. The van der Waals surface area contributed by atoms with E-state index in [1.165, 1.54) is 42.0 Å². The smallest absolute Gasteiger partial charge is 0.416 e. The molecule has 3 heterocycles. The lowest BCUT2D eigenvalue weighted by Crippen LogP contribution is -2.27. The molecular formula is C22H15F3N2O5S. The molecule has 1 saturated heterocycles. The van der Waals surface area contributed by atoms with Crippen molar-refractivity contribution in [2.24, 2.45) is 0 Å². The molecule has 1 fully saturated rings. The zero-order valence-corrected chi connectivity index (χ0v) is 17.8. The van der Waals surface area contributed by atoms with Crippen LogP contribution in [-0.4, -0.2) is 33.7 Å². The van der Waals surface area contributed by atoms with Crippen LogP contribution in [0, 0.1) is 0 Å². The van der Waals surface area contributed by atoms with E-state index in [-0.39, 0.29) is 28.7 Å². The molecule has 1 aliphatic heterocycles. The van der Waals surface area contributed by atoms with E-state index in [0.29, 0.717) is 17.5 Å². The highest BCUT2D eigenvalue weighted by molar-refractivity contribution is 8.18. The van der Waals surface area contributed by atoms with Gasteiger partial charge in [0.25, 0.3) is 11.1 Å². The third-order valence-electron chi connectivity index (χ3n) is 4.75. The first-order valence-electron chi connectivity index (χ1n) is 9.45. The van der Waals surface area contributed by atoms with Gasteiger partial charge in [0.2, 0.25) is 5.76 Å². The lowest BCUT2D eigenvalue weighted by atomic mass is 10.2. The maximum Gasteiger partial charge on any atom is 0.416 e. The van der Waals surface area contributed by atoms with Crippen LogP contribution in [0.3, 0.4) is 0 Å². The molecule has 0 spiro atoms. The van der Waals surface area contributed by atoms with E-state index in [0.717, 1.165) is 17.0 Å². The minimum Gasteiger partial charge on any atom is -0.463 e. The van der Waals surface area contributed by atoms with Crippen molar-refractivity contribution in [1.29, 1.82) is 0 Å². The first kappa shape index (κ1) is 22.5. The van der Waals surface area contributed by atoms with Crippen molar-refractivity contribution in [3.05, 3.63) is 82.4 Å². The molecule has 0 N–H and O–H groups in total. The number of hydrogen-bond donors (Lipinski definition) is 0. The fourth-order valence-electron chi connectivity index (χ4n) is 3.18. The highest BCUT2D eigenvalue weighted by Crippen LogP contribution is 2.35. The molecule has 7 nitrogen and oxygen atoms in total. The van der Waals surface area contributed by atoms with Gasteiger partial charge in [-0.2, -0.15) is 13.2 Å². The Hall–Kier alpha value is -3.73. The van der Waals surface area contributed by atoms with Crippen molar-refractivity contribution < 1.29 is 36.7 Å². The summed E-state index contributed by atoms with van der Waals surface area (Å²) in [6, 6.07) is 10.8. The SMILES string of the molecule is COC(=O)c1ccc(CN2C(=O)S/C(=C/c3cccn3-c3cccc(C(F)(F)F)c3)C2=O)o1. The number of benzene rings is 1. The van der Waals surface area contributed by atoms with Crippen molar-refractivity contribution in [3.8, 4) is 5.69 Å². The first-order chi connectivity index (χ1) is 15.7. The molecule has 0 atom stereocenters. The average molecular weight is 476 g/mol. The number of aromatic nitrogens is 1. The van der Waals surface area contributed by atoms with Crippen molar-refractivity contribution in [1.82, 2.24) is 9.47 Å². The largest absolute Gasteiger partial charge is 0.463 e. The molecule has 0 aliphatic carbocycles. The van der Waals surface area contributed by atoms with Crippen LogP contribution in [0.4, 0.5) is 18.0 Å². The summed E-state index contributed by atoms with van der Waals surface area (Å²) in [4.78, 5) is 37.8. The second-order valence-electron chi connectivity index (χ2n) is 6.88. The number of carbonyl (C=O) groups is 3. The number of thioether (sulfide) groups is 1. The van der Waals surface area contributed by atoms with E-state index in [2.05, 4.69) is 4.74 Å². The minimum atomic E-state index is -4.49. The van der Waals surface area contributed by atoms with Crippen molar-refractivity contribution in [3.63, 3.8) is 0 Å². The highest BCUT2D eigenvalue weighted by Gasteiger charge is 2.36.